The topological polar surface area (TPSA) is 87.4 Å². The zero-order valence-electron chi connectivity index (χ0n) is 19.1. The van der Waals surface area contributed by atoms with Crippen molar-refractivity contribution >= 4 is 17.4 Å². The SMILES string of the molecule is Cc1cccnc1Nc1ccc([C@@H]2CCCN(C(=O)c3noc(C)c3CN(C)C)C2)nc1. The Morgan fingerprint density at radius 1 is 1.25 bits per heavy atom. The van der Waals surface area contributed by atoms with Crippen molar-refractivity contribution in [3.05, 3.63) is 64.9 Å². The van der Waals surface area contributed by atoms with Gasteiger partial charge in [-0.05, 0) is 64.5 Å². The Kier molecular flexibility index (Phi) is 6.50. The lowest BCUT2D eigenvalue weighted by Gasteiger charge is -2.32. The normalized spacial score (nSPS) is 16.4. The van der Waals surface area contributed by atoms with Gasteiger partial charge in [0.2, 0.25) is 0 Å². The molecule has 32 heavy (non-hydrogen) atoms. The maximum Gasteiger partial charge on any atom is 0.276 e. The first-order valence-corrected chi connectivity index (χ1v) is 11.0. The van der Waals surface area contributed by atoms with E-state index in [9.17, 15) is 4.79 Å². The highest BCUT2D eigenvalue weighted by Crippen LogP contribution is 2.28. The van der Waals surface area contributed by atoms with Gasteiger partial charge in [-0.3, -0.25) is 9.78 Å². The summed E-state index contributed by atoms with van der Waals surface area (Å²) < 4.78 is 5.34. The molecule has 4 heterocycles. The van der Waals surface area contributed by atoms with Crippen molar-refractivity contribution in [2.45, 2.75) is 39.2 Å². The number of likely N-dealkylation sites (tertiary alicyclic amines) is 1. The first-order valence-electron chi connectivity index (χ1n) is 11.0. The number of hydrogen-bond acceptors (Lipinski definition) is 7. The van der Waals surface area contributed by atoms with Gasteiger partial charge in [0.1, 0.15) is 11.6 Å². The molecule has 3 aromatic rings. The smallest absolute Gasteiger partial charge is 0.276 e. The van der Waals surface area contributed by atoms with Gasteiger partial charge in [-0.1, -0.05) is 11.2 Å². The van der Waals surface area contributed by atoms with Crippen molar-refractivity contribution in [1.29, 1.82) is 0 Å². The maximum absolute atomic E-state index is 13.2. The first kappa shape index (κ1) is 22.0. The second-order valence-electron chi connectivity index (χ2n) is 8.66. The summed E-state index contributed by atoms with van der Waals surface area (Å²) in [6.45, 7) is 5.85. The Labute approximate surface area is 188 Å². The Bertz CT molecular complexity index is 1080. The molecular formula is C24H30N6O2. The number of hydrogen-bond donors (Lipinski definition) is 1. The van der Waals surface area contributed by atoms with Gasteiger partial charge < -0.3 is 19.6 Å². The van der Waals surface area contributed by atoms with Crippen molar-refractivity contribution in [3.63, 3.8) is 0 Å². The van der Waals surface area contributed by atoms with Gasteiger partial charge >= 0.3 is 0 Å². The summed E-state index contributed by atoms with van der Waals surface area (Å²) in [5, 5.41) is 7.39. The van der Waals surface area contributed by atoms with Crippen molar-refractivity contribution in [3.8, 4) is 0 Å². The minimum Gasteiger partial charge on any atom is -0.361 e. The van der Waals surface area contributed by atoms with E-state index in [2.05, 4.69) is 20.4 Å². The summed E-state index contributed by atoms with van der Waals surface area (Å²) in [5.74, 6) is 1.66. The molecule has 1 saturated heterocycles. The third-order valence-corrected chi connectivity index (χ3v) is 5.85. The molecule has 0 aromatic carbocycles. The standard InChI is InChI=1S/C24H30N6O2/c1-16-7-5-11-25-23(16)27-19-9-10-21(26-13-19)18-8-6-12-30(14-18)24(31)22-20(15-29(3)4)17(2)32-28-22/h5,7,9-11,13,18H,6,8,12,14-15H2,1-4H3,(H,25,27)/t18-/m1/s1. The second-order valence-corrected chi connectivity index (χ2v) is 8.66. The summed E-state index contributed by atoms with van der Waals surface area (Å²) in [6.07, 6.45) is 5.54. The third kappa shape index (κ3) is 4.80. The molecule has 1 fully saturated rings. The minimum atomic E-state index is -0.0627. The molecule has 4 rings (SSSR count). The van der Waals surface area contributed by atoms with Crippen LogP contribution in [-0.4, -0.2) is 58.0 Å². The number of rotatable bonds is 6. The van der Waals surface area contributed by atoms with Crippen LogP contribution in [0.25, 0.3) is 0 Å². The molecule has 168 valence electrons. The molecule has 0 unspecified atom stereocenters. The fraction of sp³-hybridized carbons (Fsp3) is 0.417. The molecule has 1 aliphatic heterocycles. The zero-order valence-corrected chi connectivity index (χ0v) is 19.1. The number of aryl methyl sites for hydroxylation is 2. The molecule has 1 atom stereocenters. The molecule has 8 heteroatoms. The van der Waals surface area contributed by atoms with E-state index in [1.54, 1.807) is 6.20 Å². The molecule has 1 N–H and O–H groups in total. The van der Waals surface area contributed by atoms with E-state index < -0.39 is 0 Å². The summed E-state index contributed by atoms with van der Waals surface area (Å²) in [5.41, 5.74) is 4.26. The van der Waals surface area contributed by atoms with Crippen LogP contribution >= 0.6 is 0 Å². The van der Waals surface area contributed by atoms with E-state index >= 15 is 0 Å². The van der Waals surface area contributed by atoms with Gasteiger partial charge in [-0.25, -0.2) is 4.98 Å². The lowest BCUT2D eigenvalue weighted by Crippen LogP contribution is -2.40. The fourth-order valence-electron chi connectivity index (χ4n) is 4.09. The van der Waals surface area contributed by atoms with Gasteiger partial charge in [-0.2, -0.15) is 0 Å². The molecule has 1 amide bonds. The van der Waals surface area contributed by atoms with Crippen molar-refractivity contribution in [2.75, 3.05) is 32.5 Å². The van der Waals surface area contributed by atoms with Gasteiger partial charge in [0.25, 0.3) is 5.91 Å². The van der Waals surface area contributed by atoms with Crippen molar-refractivity contribution in [1.82, 2.24) is 24.9 Å². The van der Waals surface area contributed by atoms with Crippen LogP contribution in [0.2, 0.25) is 0 Å². The predicted octanol–water partition coefficient (Wildman–Crippen LogP) is 3.91. The fourth-order valence-corrected chi connectivity index (χ4v) is 4.09. The number of anilines is 2. The summed E-state index contributed by atoms with van der Waals surface area (Å²) in [6, 6.07) is 8.00. The summed E-state index contributed by atoms with van der Waals surface area (Å²) in [7, 11) is 3.94. The van der Waals surface area contributed by atoms with Crippen LogP contribution in [0.4, 0.5) is 11.5 Å². The van der Waals surface area contributed by atoms with E-state index in [0.29, 0.717) is 24.5 Å². The molecule has 3 aromatic heterocycles. The molecule has 0 spiro atoms. The van der Waals surface area contributed by atoms with E-state index in [4.69, 9.17) is 4.52 Å². The first-order chi connectivity index (χ1) is 15.4. The lowest BCUT2D eigenvalue weighted by atomic mass is 9.94. The number of nitrogens with zero attached hydrogens (tertiary/aromatic N) is 5. The van der Waals surface area contributed by atoms with E-state index in [1.807, 2.05) is 68.2 Å². The van der Waals surface area contributed by atoms with Gasteiger partial charge in [0.05, 0.1) is 11.9 Å². The van der Waals surface area contributed by atoms with Crippen LogP contribution in [0.15, 0.2) is 41.2 Å². The highest BCUT2D eigenvalue weighted by atomic mass is 16.5. The number of amides is 1. The van der Waals surface area contributed by atoms with Crippen LogP contribution < -0.4 is 5.32 Å². The Balaban J connectivity index is 1.45. The third-order valence-electron chi connectivity index (χ3n) is 5.85. The quantitative estimate of drug-likeness (QED) is 0.629. The zero-order chi connectivity index (χ0) is 22.7. The monoisotopic (exact) mass is 434 g/mol. The van der Waals surface area contributed by atoms with Crippen LogP contribution in [-0.2, 0) is 6.54 Å². The average Bonchev–Trinajstić information content (AvgIpc) is 3.15. The molecule has 8 nitrogen and oxygen atoms in total. The molecule has 0 radical (unpaired) electrons. The van der Waals surface area contributed by atoms with Crippen molar-refractivity contribution < 1.29 is 9.32 Å². The molecular weight excluding hydrogens is 404 g/mol. The lowest BCUT2D eigenvalue weighted by molar-refractivity contribution is 0.0693. The molecule has 0 bridgehead atoms. The van der Waals surface area contributed by atoms with E-state index in [1.165, 1.54) is 0 Å². The predicted molar refractivity (Wildman–Crippen MR) is 123 cm³/mol. The number of carbonyl (C=O) groups is 1. The van der Waals surface area contributed by atoms with Gasteiger partial charge in [-0.15, -0.1) is 0 Å². The average molecular weight is 435 g/mol. The number of nitrogens with one attached hydrogen (secondary N) is 1. The summed E-state index contributed by atoms with van der Waals surface area (Å²) in [4.78, 5) is 26.2. The van der Waals surface area contributed by atoms with Crippen molar-refractivity contribution in [2.24, 2.45) is 0 Å². The van der Waals surface area contributed by atoms with E-state index in [0.717, 1.165) is 47.7 Å². The largest absolute Gasteiger partial charge is 0.361 e. The van der Waals surface area contributed by atoms with E-state index in [-0.39, 0.29) is 11.8 Å². The summed E-state index contributed by atoms with van der Waals surface area (Å²) >= 11 is 0. The Morgan fingerprint density at radius 3 is 2.81 bits per heavy atom. The number of pyridine rings is 2. The Morgan fingerprint density at radius 2 is 2.09 bits per heavy atom. The van der Waals surface area contributed by atoms with Gasteiger partial charge in [0, 0.05) is 43.0 Å². The highest BCUT2D eigenvalue weighted by Gasteiger charge is 2.30. The van der Waals surface area contributed by atoms with Gasteiger partial charge in [0.15, 0.2) is 5.69 Å². The number of piperidine rings is 1. The maximum atomic E-state index is 13.2. The highest BCUT2D eigenvalue weighted by molar-refractivity contribution is 5.94. The number of carbonyl (C=O) groups excluding carboxylic acids is 1. The Hall–Kier alpha value is -3.26. The second kappa shape index (κ2) is 9.48. The molecule has 1 aliphatic rings. The number of aromatic nitrogens is 3. The van der Waals surface area contributed by atoms with Crippen LogP contribution in [0.1, 0.15) is 51.8 Å². The van der Waals surface area contributed by atoms with Crippen LogP contribution in [0.3, 0.4) is 0 Å². The molecule has 0 aliphatic carbocycles. The van der Waals surface area contributed by atoms with Crippen LogP contribution in [0, 0.1) is 13.8 Å². The van der Waals surface area contributed by atoms with Crippen LogP contribution in [0.5, 0.6) is 0 Å². The molecule has 0 saturated carbocycles. The minimum absolute atomic E-state index is 0.0627.